The molecule has 4 rings (SSSR count). The molecule has 2 nitrogen and oxygen atoms in total. The monoisotopic (exact) mass is 672 g/mol. The number of hydrogen-bond acceptors (Lipinski definition) is 2. The second-order valence-corrected chi connectivity index (χ2v) is 10.6. The van der Waals surface area contributed by atoms with E-state index in [4.69, 9.17) is 0 Å². The summed E-state index contributed by atoms with van der Waals surface area (Å²) < 4.78 is 9.12. The van der Waals surface area contributed by atoms with E-state index in [9.17, 15) is 9.59 Å². The van der Waals surface area contributed by atoms with Crippen molar-refractivity contribution in [3.8, 4) is 0 Å². The van der Waals surface area contributed by atoms with E-state index in [0.717, 1.165) is 0 Å². The Morgan fingerprint density at radius 3 is 0.838 bits per heavy atom. The van der Waals surface area contributed by atoms with Gasteiger partial charge in [-0.25, -0.2) is 0 Å². The minimum absolute atomic E-state index is 0.0625. The Hall–Kier alpha value is -2.98. The van der Waals surface area contributed by atoms with Gasteiger partial charge in [-0.15, -0.1) is 0 Å². The molecule has 4 aromatic carbocycles. The van der Waals surface area contributed by atoms with Crippen molar-refractivity contribution in [1.82, 2.24) is 0 Å². The fourth-order valence-electron chi connectivity index (χ4n) is 2.70. The number of carbonyl (C=O) groups is 2. The summed E-state index contributed by atoms with van der Waals surface area (Å²) in [6.07, 6.45) is 0.0833. The van der Waals surface area contributed by atoms with Crippen molar-refractivity contribution >= 4 is 29.5 Å². The first-order valence-corrected chi connectivity index (χ1v) is 15.2. The fourth-order valence-corrected chi connectivity index (χ4v) is 5.35. The average molecular weight is 673 g/mol. The van der Waals surface area contributed by atoms with Gasteiger partial charge in [-0.1, -0.05) is 0 Å². The zero-order valence-electron chi connectivity index (χ0n) is 21.0. The molecule has 0 aromatic heterocycles. The molecule has 0 spiro atoms. The zero-order chi connectivity index (χ0) is 26.6. The Kier molecular flexibility index (Phi) is 15.7. The summed E-state index contributed by atoms with van der Waals surface area (Å²) in [7, 11) is 0. The summed E-state index contributed by atoms with van der Waals surface area (Å²) in [6.45, 7) is 2.81. The van der Waals surface area contributed by atoms with Crippen LogP contribution in [0.5, 0.6) is 0 Å². The van der Waals surface area contributed by atoms with Gasteiger partial charge in [0.25, 0.3) is 0 Å². The molecule has 0 unspecified atom stereocenters. The molecular weight excluding hydrogens is 641 g/mol. The number of ketones is 2. The first-order chi connectivity index (χ1) is 18.0. The van der Waals surface area contributed by atoms with E-state index in [0.29, 0.717) is 34.1 Å². The molecule has 0 heterocycles. The molecule has 0 N–H and O–H groups in total. The van der Waals surface area contributed by atoms with Gasteiger partial charge in [-0.05, 0) is 13.8 Å². The molecule has 196 valence electrons. The molecular formula is C33H32O2Pd2. The summed E-state index contributed by atoms with van der Waals surface area (Å²) in [6, 6.07) is 41.8. The van der Waals surface area contributed by atoms with Crippen LogP contribution in [0, 0.1) is 0 Å². The van der Waals surface area contributed by atoms with E-state index in [1.807, 2.05) is 24.3 Å². The van der Waals surface area contributed by atoms with Crippen molar-refractivity contribution in [2.75, 3.05) is 0 Å². The van der Waals surface area contributed by atoms with Gasteiger partial charge in [0.2, 0.25) is 0 Å². The van der Waals surface area contributed by atoms with Crippen LogP contribution in [0.3, 0.4) is 0 Å². The summed E-state index contributed by atoms with van der Waals surface area (Å²) in [4.78, 5) is 20.1. The van der Waals surface area contributed by atoms with E-state index >= 15 is 0 Å². The van der Waals surface area contributed by atoms with Gasteiger partial charge in [-0.2, -0.15) is 0 Å². The van der Waals surface area contributed by atoms with Crippen LogP contribution < -0.4 is 0 Å². The molecule has 0 fully saturated rings. The van der Waals surface area contributed by atoms with Crippen LogP contribution in [-0.4, -0.2) is 29.5 Å². The molecule has 0 radical (unpaired) electrons. The first kappa shape index (κ1) is 30.2. The normalized spacial score (nSPS) is 9.57. The second kappa shape index (κ2) is 19.2. The van der Waals surface area contributed by atoms with Crippen molar-refractivity contribution in [2.45, 2.75) is 20.3 Å². The molecule has 0 aliphatic heterocycles. The summed E-state index contributed by atoms with van der Waals surface area (Å²) in [5, 5.41) is 0. The molecule has 0 aliphatic carbocycles. The molecule has 0 amide bonds. The maximum atomic E-state index is 10.0. The van der Waals surface area contributed by atoms with E-state index in [2.05, 4.69) is 115 Å². The Balaban J connectivity index is 0.000000210. The quantitative estimate of drug-likeness (QED) is 0.184. The average Bonchev–Trinajstić information content (AvgIpc) is 2.91. The van der Waals surface area contributed by atoms with Crippen molar-refractivity contribution < 1.29 is 43.7 Å². The van der Waals surface area contributed by atoms with E-state index in [1.54, 1.807) is 0 Å². The van der Waals surface area contributed by atoms with Crippen LogP contribution in [0.15, 0.2) is 121 Å². The molecule has 0 atom stereocenters. The van der Waals surface area contributed by atoms with E-state index in [-0.39, 0.29) is 18.0 Å². The van der Waals surface area contributed by atoms with Crippen molar-refractivity contribution in [3.63, 3.8) is 0 Å². The number of carbonyl (C=O) groups excluding carboxylic acids is 2. The number of Topliss-reactive ketones (excluding diaryl/α,β-unsaturated/α-hetero) is 2. The van der Waals surface area contributed by atoms with Gasteiger partial charge in [0.15, 0.2) is 0 Å². The summed E-state index contributed by atoms with van der Waals surface area (Å²) in [5.74, 6) is -0.125. The summed E-state index contributed by atoms with van der Waals surface area (Å²) in [5.41, 5.74) is 5.22. The number of hydrogen-bond donors (Lipinski definition) is 0. The predicted octanol–water partition coefficient (Wildman–Crippen LogP) is 6.09. The SMILES string of the molecule is CC(=O)CC(C)=O.[CH](=[Pd]=[CH]c1ccccc1)c1ccccc1.[CH](=[Pd]=[CH]c1ccccc1)c1ccccc1. The minimum atomic E-state index is -0.0625. The van der Waals surface area contributed by atoms with Gasteiger partial charge in [0, 0.05) is 0 Å². The van der Waals surface area contributed by atoms with E-state index in [1.165, 1.54) is 36.1 Å². The third-order valence-corrected chi connectivity index (χ3v) is 7.44. The first-order valence-electron chi connectivity index (χ1n) is 11.6. The number of benzene rings is 4. The maximum absolute atomic E-state index is 10.0. The Bertz CT molecular complexity index is 1140. The Morgan fingerprint density at radius 1 is 0.459 bits per heavy atom. The van der Waals surface area contributed by atoms with Gasteiger partial charge in [-0.3, -0.25) is 9.59 Å². The molecule has 0 saturated carbocycles. The van der Waals surface area contributed by atoms with Crippen LogP contribution in [-0.2, 0) is 43.7 Å². The van der Waals surface area contributed by atoms with Crippen LogP contribution in [0.25, 0.3) is 0 Å². The fraction of sp³-hybridized carbons (Fsp3) is 0.0909. The predicted molar refractivity (Wildman–Crippen MR) is 152 cm³/mol. The molecule has 37 heavy (non-hydrogen) atoms. The van der Waals surface area contributed by atoms with Crippen molar-refractivity contribution in [2.24, 2.45) is 0 Å². The standard InChI is InChI=1S/4C7H6.C5H8O2.2Pd/c4*1-7-5-3-2-4-6-7;1-4(6)3-5(2)7;;/h4*1-6H;3H2,1-2H3;;. The topological polar surface area (TPSA) is 34.1 Å². The van der Waals surface area contributed by atoms with Crippen LogP contribution in [0.1, 0.15) is 42.5 Å². The van der Waals surface area contributed by atoms with E-state index < -0.39 is 0 Å². The van der Waals surface area contributed by atoms with Crippen molar-refractivity contribution in [1.29, 1.82) is 0 Å². The van der Waals surface area contributed by atoms with Gasteiger partial charge < -0.3 is 0 Å². The van der Waals surface area contributed by atoms with Gasteiger partial charge in [0.1, 0.15) is 11.6 Å². The van der Waals surface area contributed by atoms with Gasteiger partial charge >= 0.3 is 196 Å². The zero-order valence-corrected chi connectivity index (χ0v) is 24.1. The molecule has 0 saturated heterocycles. The third-order valence-electron chi connectivity index (χ3n) is 4.33. The number of rotatable bonds is 6. The second-order valence-electron chi connectivity index (χ2n) is 7.80. The molecule has 4 aromatic rings. The van der Waals surface area contributed by atoms with Crippen molar-refractivity contribution in [3.05, 3.63) is 144 Å². The molecule has 0 bridgehead atoms. The molecule has 4 heteroatoms. The van der Waals surface area contributed by atoms with Crippen LogP contribution in [0.4, 0.5) is 0 Å². The summed E-state index contributed by atoms with van der Waals surface area (Å²) >= 11 is 1.09. The van der Waals surface area contributed by atoms with Gasteiger partial charge in [0.05, 0.1) is 6.42 Å². The Labute approximate surface area is 235 Å². The third kappa shape index (κ3) is 15.7. The Morgan fingerprint density at radius 2 is 0.676 bits per heavy atom. The molecule has 0 aliphatic rings. The van der Waals surface area contributed by atoms with Crippen LogP contribution >= 0.6 is 0 Å². The van der Waals surface area contributed by atoms with Crippen LogP contribution in [0.2, 0.25) is 0 Å².